The number of aromatic hydroxyl groups is 1. The number of rotatable bonds is 5. The van der Waals surface area contributed by atoms with Crippen LogP contribution in [0.1, 0.15) is 11.1 Å². The second-order valence-corrected chi connectivity index (χ2v) is 8.62. The summed E-state index contributed by atoms with van der Waals surface area (Å²) in [6, 6.07) is 23.5. The number of quaternary nitrogens is 2. The van der Waals surface area contributed by atoms with Crippen molar-refractivity contribution >= 4 is 11.0 Å². The van der Waals surface area contributed by atoms with Crippen LogP contribution in [-0.2, 0) is 13.1 Å². The van der Waals surface area contributed by atoms with Crippen molar-refractivity contribution in [2.75, 3.05) is 26.2 Å². The van der Waals surface area contributed by atoms with Crippen molar-refractivity contribution < 1.29 is 19.3 Å². The van der Waals surface area contributed by atoms with Crippen LogP contribution in [0.4, 0.5) is 0 Å². The predicted molar refractivity (Wildman–Crippen MR) is 125 cm³/mol. The Bertz CT molecular complexity index is 1260. The Morgan fingerprint density at radius 3 is 2.09 bits per heavy atom. The molecule has 162 valence electrons. The lowest BCUT2D eigenvalue weighted by atomic mass is 10.0. The number of nitrogens with one attached hydrogen (secondary N) is 2. The van der Waals surface area contributed by atoms with Gasteiger partial charge in [0.15, 0.2) is 0 Å². The van der Waals surface area contributed by atoms with Gasteiger partial charge in [-0.2, -0.15) is 0 Å². The molecular formula is C27H28N2O3+2. The van der Waals surface area contributed by atoms with E-state index in [1.807, 2.05) is 30.3 Å². The van der Waals surface area contributed by atoms with Gasteiger partial charge in [0.05, 0.1) is 16.5 Å². The van der Waals surface area contributed by atoms with Crippen molar-refractivity contribution in [1.29, 1.82) is 0 Å². The first-order chi connectivity index (χ1) is 15.7. The topological polar surface area (TPSA) is 59.3 Å². The zero-order valence-electron chi connectivity index (χ0n) is 18.0. The van der Waals surface area contributed by atoms with E-state index in [1.165, 1.54) is 16.7 Å². The molecule has 1 fully saturated rings. The molecule has 5 nitrogen and oxygen atoms in total. The third-order valence-corrected chi connectivity index (χ3v) is 6.49. The molecule has 0 amide bonds. The third-order valence-electron chi connectivity index (χ3n) is 6.49. The minimum atomic E-state index is -0.0641. The molecule has 0 aliphatic carbocycles. The Morgan fingerprint density at radius 1 is 0.781 bits per heavy atom. The summed E-state index contributed by atoms with van der Waals surface area (Å²) in [6.45, 7) is 5.89. The van der Waals surface area contributed by atoms with Crippen molar-refractivity contribution in [2.24, 2.45) is 0 Å². The van der Waals surface area contributed by atoms with Crippen molar-refractivity contribution in [2.45, 2.75) is 13.1 Å². The Kier molecular flexibility index (Phi) is 5.75. The van der Waals surface area contributed by atoms with Crippen LogP contribution in [-0.4, -0.2) is 31.3 Å². The van der Waals surface area contributed by atoms with E-state index >= 15 is 0 Å². The van der Waals surface area contributed by atoms with Crippen LogP contribution in [0.25, 0.3) is 22.1 Å². The lowest BCUT2D eigenvalue weighted by Crippen LogP contribution is -3.27. The summed E-state index contributed by atoms with van der Waals surface area (Å²) in [7, 11) is 0. The van der Waals surface area contributed by atoms with Gasteiger partial charge in [-0.15, -0.1) is 0 Å². The Balaban J connectivity index is 1.35. The largest absolute Gasteiger partial charge is 0.507 e. The monoisotopic (exact) mass is 428 g/mol. The molecule has 5 heteroatoms. The van der Waals surface area contributed by atoms with Gasteiger partial charge in [-0.05, 0) is 17.7 Å². The minimum Gasteiger partial charge on any atom is -0.507 e. The number of piperazine rings is 1. The number of hydrogen-bond acceptors (Lipinski definition) is 3. The SMILES string of the molecule is O=c1c(-c2ccccc2)coc2c(C[NH+]3CC[NH+](Cc4ccccc4)CC3)c(O)ccc12. The Hall–Kier alpha value is -3.41. The maximum Gasteiger partial charge on any atom is 0.200 e. The van der Waals surface area contributed by atoms with Gasteiger partial charge >= 0.3 is 0 Å². The summed E-state index contributed by atoms with van der Waals surface area (Å²) in [4.78, 5) is 16.1. The van der Waals surface area contributed by atoms with E-state index in [2.05, 4.69) is 30.3 Å². The highest BCUT2D eigenvalue weighted by molar-refractivity contribution is 5.85. The maximum atomic E-state index is 13.1. The fraction of sp³-hybridized carbons (Fsp3) is 0.222. The van der Waals surface area contributed by atoms with Gasteiger partial charge in [0.1, 0.15) is 56.9 Å². The van der Waals surface area contributed by atoms with Gasteiger partial charge in [-0.1, -0.05) is 60.7 Å². The Morgan fingerprint density at radius 2 is 1.41 bits per heavy atom. The fourth-order valence-electron chi connectivity index (χ4n) is 4.68. The highest BCUT2D eigenvalue weighted by Crippen LogP contribution is 2.27. The molecule has 0 unspecified atom stereocenters. The van der Waals surface area contributed by atoms with E-state index in [9.17, 15) is 9.90 Å². The first-order valence-corrected chi connectivity index (χ1v) is 11.2. The highest BCUT2D eigenvalue weighted by Gasteiger charge is 2.26. The molecule has 0 saturated carbocycles. The van der Waals surface area contributed by atoms with Crippen molar-refractivity contribution in [3.63, 3.8) is 0 Å². The fourth-order valence-corrected chi connectivity index (χ4v) is 4.68. The molecule has 1 aliphatic rings. The molecule has 1 saturated heterocycles. The van der Waals surface area contributed by atoms with Crippen LogP contribution in [0, 0.1) is 0 Å². The molecule has 1 aromatic heterocycles. The standard InChI is InChI=1S/C27H26N2O3/c30-25-12-11-22-26(31)24(21-9-5-2-6-10-21)19-32-27(22)23(25)18-29-15-13-28(14-16-29)17-20-7-3-1-4-8-20/h1-12,19,30H,13-18H2/p+2. The average molecular weight is 429 g/mol. The van der Waals surface area contributed by atoms with Crippen molar-refractivity contribution in [3.8, 4) is 16.9 Å². The molecule has 5 rings (SSSR count). The van der Waals surface area contributed by atoms with Crippen LogP contribution in [0.5, 0.6) is 5.75 Å². The number of fused-ring (bicyclic) bond motifs is 1. The molecule has 32 heavy (non-hydrogen) atoms. The van der Waals surface area contributed by atoms with Crippen LogP contribution in [0.15, 0.2) is 88.3 Å². The summed E-state index contributed by atoms with van der Waals surface area (Å²) in [5.74, 6) is 0.194. The number of phenols is 1. The van der Waals surface area contributed by atoms with Crippen LogP contribution < -0.4 is 15.2 Å². The number of phenolic OH excluding ortho intramolecular Hbond substituents is 1. The molecule has 0 atom stereocenters. The summed E-state index contributed by atoms with van der Waals surface area (Å²) in [5.41, 5.74) is 3.91. The maximum absolute atomic E-state index is 13.1. The van der Waals surface area contributed by atoms with Crippen molar-refractivity contribution in [1.82, 2.24) is 0 Å². The molecule has 0 bridgehead atoms. The quantitative estimate of drug-likeness (QED) is 0.453. The molecule has 2 heterocycles. The van der Waals surface area contributed by atoms with E-state index < -0.39 is 0 Å². The van der Waals surface area contributed by atoms with Gasteiger partial charge < -0.3 is 19.3 Å². The van der Waals surface area contributed by atoms with Gasteiger partial charge in [-0.25, -0.2) is 0 Å². The van der Waals surface area contributed by atoms with Crippen LogP contribution >= 0.6 is 0 Å². The van der Waals surface area contributed by atoms with E-state index in [1.54, 1.807) is 17.0 Å². The summed E-state index contributed by atoms with van der Waals surface area (Å²) < 4.78 is 5.95. The lowest BCUT2D eigenvalue weighted by Gasteiger charge is -2.30. The molecule has 0 radical (unpaired) electrons. The summed E-state index contributed by atoms with van der Waals surface area (Å²) in [6.07, 6.45) is 1.53. The van der Waals surface area contributed by atoms with E-state index in [-0.39, 0.29) is 11.2 Å². The lowest BCUT2D eigenvalue weighted by molar-refractivity contribution is -1.02. The van der Waals surface area contributed by atoms with Gasteiger partial charge in [0, 0.05) is 5.56 Å². The van der Waals surface area contributed by atoms with Gasteiger partial charge in [-0.3, -0.25) is 4.79 Å². The van der Waals surface area contributed by atoms with E-state index in [0.29, 0.717) is 23.1 Å². The van der Waals surface area contributed by atoms with Crippen molar-refractivity contribution in [3.05, 3.63) is 100 Å². The third kappa shape index (κ3) is 4.17. The molecule has 0 spiro atoms. The van der Waals surface area contributed by atoms with E-state index in [4.69, 9.17) is 4.42 Å². The Labute approximate surface area is 187 Å². The first kappa shape index (κ1) is 20.5. The molecule has 3 aromatic carbocycles. The normalized spacial score (nSPS) is 18.6. The summed E-state index contributed by atoms with van der Waals surface area (Å²) >= 11 is 0. The second-order valence-electron chi connectivity index (χ2n) is 8.62. The first-order valence-electron chi connectivity index (χ1n) is 11.2. The zero-order chi connectivity index (χ0) is 21.9. The second kappa shape index (κ2) is 8.99. The van der Waals surface area contributed by atoms with Gasteiger partial charge in [0.2, 0.25) is 5.43 Å². The molecule has 1 aliphatic heterocycles. The molecular weight excluding hydrogens is 400 g/mol. The smallest absolute Gasteiger partial charge is 0.200 e. The highest BCUT2D eigenvalue weighted by atomic mass is 16.3. The zero-order valence-corrected chi connectivity index (χ0v) is 18.0. The van der Waals surface area contributed by atoms with Crippen LogP contribution in [0.3, 0.4) is 0 Å². The average Bonchev–Trinajstić information content (AvgIpc) is 2.83. The molecule has 4 aromatic rings. The predicted octanol–water partition coefficient (Wildman–Crippen LogP) is 1.65. The number of benzene rings is 3. The summed E-state index contributed by atoms with van der Waals surface area (Å²) in [5, 5.41) is 11.1. The molecule has 3 N–H and O–H groups in total. The van der Waals surface area contributed by atoms with Gasteiger partial charge in [0.25, 0.3) is 0 Å². The minimum absolute atomic E-state index is 0.0641. The number of hydrogen-bond donors (Lipinski definition) is 3. The van der Waals surface area contributed by atoms with Crippen LogP contribution in [0.2, 0.25) is 0 Å². The van der Waals surface area contributed by atoms with E-state index in [0.717, 1.165) is 43.9 Å².